The molecule has 0 aliphatic heterocycles. The average Bonchev–Trinajstić information content (AvgIpc) is 2.90. The van der Waals surface area contributed by atoms with Gasteiger partial charge in [-0.25, -0.2) is 14.3 Å². The molecule has 0 atom stereocenters. The molecule has 2 heterocycles. The molecule has 1 N–H and O–H groups in total. The Balaban J connectivity index is 2.16. The molecule has 2 aromatic heterocycles. The molecule has 0 bridgehead atoms. The zero-order valence-electron chi connectivity index (χ0n) is 13.5. The number of rotatable bonds is 2. The van der Waals surface area contributed by atoms with E-state index in [1.54, 1.807) is 10.6 Å². The maximum Gasteiger partial charge on any atom is 0.356 e. The molecular weight excluding hydrogens is 278 g/mol. The van der Waals surface area contributed by atoms with E-state index in [1.807, 2.05) is 0 Å². The van der Waals surface area contributed by atoms with Crippen LogP contribution in [0.25, 0.3) is 5.65 Å². The van der Waals surface area contributed by atoms with E-state index in [0.717, 1.165) is 11.4 Å². The lowest BCUT2D eigenvalue weighted by atomic mass is 9.84. The maximum atomic E-state index is 11.2. The first-order valence-electron chi connectivity index (χ1n) is 8.01. The first kappa shape index (κ1) is 15.0. The molecule has 0 saturated heterocycles. The highest BCUT2D eigenvalue weighted by molar-refractivity contribution is 5.86. The van der Waals surface area contributed by atoms with Crippen LogP contribution >= 0.6 is 0 Å². The van der Waals surface area contributed by atoms with Crippen LogP contribution < -0.4 is 0 Å². The van der Waals surface area contributed by atoms with Crippen LogP contribution in [0.4, 0.5) is 0 Å². The molecule has 0 aromatic carbocycles. The van der Waals surface area contributed by atoms with Gasteiger partial charge in [-0.15, -0.1) is 0 Å². The van der Waals surface area contributed by atoms with Crippen molar-refractivity contribution in [2.75, 3.05) is 0 Å². The molecule has 0 unspecified atom stereocenters. The van der Waals surface area contributed by atoms with Crippen LogP contribution in [0.2, 0.25) is 0 Å². The third kappa shape index (κ3) is 2.72. The zero-order valence-corrected chi connectivity index (χ0v) is 13.5. The predicted octanol–water partition coefficient (Wildman–Crippen LogP) is 3.77. The minimum atomic E-state index is -1.01. The Morgan fingerprint density at radius 2 is 1.91 bits per heavy atom. The Bertz CT molecular complexity index is 706. The fourth-order valence-corrected chi connectivity index (χ4v) is 3.24. The summed E-state index contributed by atoms with van der Waals surface area (Å²) in [4.78, 5) is 15.9. The second-order valence-electron chi connectivity index (χ2n) is 7.26. The van der Waals surface area contributed by atoms with Gasteiger partial charge < -0.3 is 5.11 Å². The van der Waals surface area contributed by atoms with Gasteiger partial charge in [-0.3, -0.25) is 0 Å². The Labute approximate surface area is 130 Å². The molecule has 0 spiro atoms. The van der Waals surface area contributed by atoms with Crippen LogP contribution in [0.15, 0.2) is 12.1 Å². The molecule has 1 saturated carbocycles. The van der Waals surface area contributed by atoms with E-state index in [0.29, 0.717) is 11.6 Å². The predicted molar refractivity (Wildman–Crippen MR) is 84.5 cm³/mol. The summed E-state index contributed by atoms with van der Waals surface area (Å²) in [7, 11) is 0. The highest BCUT2D eigenvalue weighted by Gasteiger charge is 2.25. The molecular formula is C17H23N3O2. The quantitative estimate of drug-likeness (QED) is 0.916. The van der Waals surface area contributed by atoms with Crippen molar-refractivity contribution >= 4 is 11.6 Å². The number of aromatic carboxylic acids is 1. The molecule has 2 aromatic rings. The molecule has 5 nitrogen and oxygen atoms in total. The van der Waals surface area contributed by atoms with Gasteiger partial charge in [0, 0.05) is 23.1 Å². The number of carbonyl (C=O) groups is 1. The molecule has 0 radical (unpaired) electrons. The van der Waals surface area contributed by atoms with E-state index < -0.39 is 5.97 Å². The fraction of sp³-hybridized carbons (Fsp3) is 0.588. The van der Waals surface area contributed by atoms with E-state index in [1.165, 1.54) is 32.1 Å². The molecule has 22 heavy (non-hydrogen) atoms. The van der Waals surface area contributed by atoms with E-state index in [2.05, 4.69) is 31.9 Å². The first-order valence-corrected chi connectivity index (χ1v) is 8.01. The van der Waals surface area contributed by atoms with Gasteiger partial charge in [0.2, 0.25) is 0 Å². The van der Waals surface area contributed by atoms with Crippen molar-refractivity contribution in [2.24, 2.45) is 0 Å². The Hall–Kier alpha value is -1.91. The number of nitrogens with zero attached hydrogens (tertiary/aromatic N) is 3. The zero-order chi connectivity index (χ0) is 15.9. The molecule has 1 fully saturated rings. The number of carboxylic acids is 1. The van der Waals surface area contributed by atoms with Crippen molar-refractivity contribution < 1.29 is 9.90 Å². The summed E-state index contributed by atoms with van der Waals surface area (Å²) in [6.07, 6.45) is 6.16. The Morgan fingerprint density at radius 3 is 2.50 bits per heavy atom. The highest BCUT2D eigenvalue weighted by atomic mass is 16.4. The van der Waals surface area contributed by atoms with Gasteiger partial charge in [-0.2, -0.15) is 5.10 Å². The summed E-state index contributed by atoms with van der Waals surface area (Å²) in [5.74, 6) is -0.521. The van der Waals surface area contributed by atoms with Crippen molar-refractivity contribution in [1.29, 1.82) is 0 Å². The Morgan fingerprint density at radius 1 is 1.23 bits per heavy atom. The van der Waals surface area contributed by atoms with Crippen LogP contribution in [-0.2, 0) is 5.41 Å². The van der Waals surface area contributed by atoms with Crippen LogP contribution in [0.3, 0.4) is 0 Å². The summed E-state index contributed by atoms with van der Waals surface area (Å²) >= 11 is 0. The van der Waals surface area contributed by atoms with Crippen LogP contribution in [0.1, 0.15) is 80.7 Å². The lowest BCUT2D eigenvalue weighted by molar-refractivity contribution is 0.0690. The van der Waals surface area contributed by atoms with Crippen molar-refractivity contribution in [3.8, 4) is 0 Å². The van der Waals surface area contributed by atoms with E-state index in [-0.39, 0.29) is 11.1 Å². The number of carboxylic acid groups (broad SMARTS) is 1. The average molecular weight is 301 g/mol. The van der Waals surface area contributed by atoms with E-state index in [4.69, 9.17) is 4.98 Å². The Kier molecular flexibility index (Phi) is 3.67. The number of aromatic nitrogens is 3. The summed E-state index contributed by atoms with van der Waals surface area (Å²) in [5.41, 5.74) is 2.69. The second kappa shape index (κ2) is 5.38. The minimum absolute atomic E-state index is 0.0544. The second-order valence-corrected chi connectivity index (χ2v) is 7.26. The molecule has 1 aliphatic rings. The molecule has 3 rings (SSSR count). The molecule has 118 valence electrons. The lowest BCUT2D eigenvalue weighted by Crippen LogP contribution is -2.19. The van der Waals surface area contributed by atoms with Crippen LogP contribution in [0, 0.1) is 0 Å². The third-order valence-electron chi connectivity index (χ3n) is 4.46. The normalized spacial score (nSPS) is 17.0. The van der Waals surface area contributed by atoms with Gasteiger partial charge in [-0.05, 0) is 18.9 Å². The van der Waals surface area contributed by atoms with Crippen LogP contribution in [0.5, 0.6) is 0 Å². The number of hydrogen-bond acceptors (Lipinski definition) is 3. The van der Waals surface area contributed by atoms with Crippen LogP contribution in [-0.4, -0.2) is 25.7 Å². The monoisotopic (exact) mass is 301 g/mol. The summed E-state index contributed by atoms with van der Waals surface area (Å²) in [5, 5.41) is 13.4. The third-order valence-corrected chi connectivity index (χ3v) is 4.46. The van der Waals surface area contributed by atoms with Crippen molar-refractivity contribution in [3.05, 3.63) is 29.2 Å². The van der Waals surface area contributed by atoms with Crippen molar-refractivity contribution in [2.45, 2.75) is 64.2 Å². The summed E-state index contributed by atoms with van der Waals surface area (Å²) in [6.45, 7) is 6.36. The summed E-state index contributed by atoms with van der Waals surface area (Å²) < 4.78 is 1.69. The van der Waals surface area contributed by atoms with E-state index in [9.17, 15) is 9.90 Å². The van der Waals surface area contributed by atoms with Crippen molar-refractivity contribution in [3.63, 3.8) is 0 Å². The number of hydrogen-bond donors (Lipinski definition) is 1. The smallest absolute Gasteiger partial charge is 0.356 e. The molecule has 5 heteroatoms. The SMILES string of the molecule is CC(C)(C)c1cc(C2CCCCC2)nc2cc(C(=O)O)nn12. The fourth-order valence-electron chi connectivity index (χ4n) is 3.24. The standard InChI is InChI=1S/C17H23N3O2/c1-17(2,3)14-9-12(11-7-5-4-6-8-11)18-15-10-13(16(21)22)19-20(14)15/h9-11H,4-8H2,1-3H3,(H,21,22). The van der Waals surface area contributed by atoms with E-state index >= 15 is 0 Å². The van der Waals surface area contributed by atoms with Gasteiger partial charge >= 0.3 is 5.97 Å². The van der Waals surface area contributed by atoms with Gasteiger partial charge in [-0.1, -0.05) is 40.0 Å². The van der Waals surface area contributed by atoms with Gasteiger partial charge in [0.1, 0.15) is 0 Å². The molecule has 1 aliphatic carbocycles. The van der Waals surface area contributed by atoms with Crippen molar-refractivity contribution in [1.82, 2.24) is 14.6 Å². The topological polar surface area (TPSA) is 67.5 Å². The lowest BCUT2D eigenvalue weighted by Gasteiger charge is -2.25. The maximum absolute atomic E-state index is 11.2. The number of fused-ring (bicyclic) bond motifs is 1. The summed E-state index contributed by atoms with van der Waals surface area (Å²) in [6, 6.07) is 3.70. The largest absolute Gasteiger partial charge is 0.476 e. The van der Waals surface area contributed by atoms with Gasteiger partial charge in [0.25, 0.3) is 0 Å². The van der Waals surface area contributed by atoms with Gasteiger partial charge in [0.05, 0.1) is 5.69 Å². The molecule has 0 amide bonds. The first-order chi connectivity index (χ1) is 10.4. The van der Waals surface area contributed by atoms with Gasteiger partial charge in [0.15, 0.2) is 11.3 Å². The highest BCUT2D eigenvalue weighted by Crippen LogP contribution is 2.34. The minimum Gasteiger partial charge on any atom is -0.476 e.